The van der Waals surface area contributed by atoms with Crippen LogP contribution in [0.2, 0.25) is 0 Å². The molecule has 0 saturated heterocycles. The van der Waals surface area contributed by atoms with Crippen LogP contribution >= 0.6 is 0 Å². The summed E-state index contributed by atoms with van der Waals surface area (Å²) >= 11 is 0. The minimum Gasteiger partial charge on any atom is -0.478 e. The average molecular weight is 248 g/mol. The summed E-state index contributed by atoms with van der Waals surface area (Å²) in [5.41, 5.74) is 1.43. The number of hydrogen-bond donors (Lipinski definition) is 1. The van der Waals surface area contributed by atoms with Gasteiger partial charge in [-0.3, -0.25) is 0 Å². The molecule has 0 aliphatic heterocycles. The third-order valence-electron chi connectivity index (χ3n) is 3.08. The molecule has 1 heterocycles. The number of carboxylic acids is 1. The highest BCUT2D eigenvalue weighted by Gasteiger charge is 2.16. The zero-order chi connectivity index (χ0) is 13.3. The summed E-state index contributed by atoms with van der Waals surface area (Å²) in [5, 5.41) is 17.2. The summed E-state index contributed by atoms with van der Waals surface area (Å²) in [5.74, 6) is -0.957. The maximum Gasteiger partial charge on any atom is 0.337 e. The van der Waals surface area contributed by atoms with Gasteiger partial charge in [-0.05, 0) is 33.2 Å². The minimum absolute atomic E-state index is 0.239. The molecular weight excluding hydrogens is 232 g/mol. The molecule has 18 heavy (non-hydrogen) atoms. The Labute approximate surface area is 105 Å². The first-order chi connectivity index (χ1) is 8.50. The second-order valence-electron chi connectivity index (χ2n) is 4.56. The number of rotatable bonds is 4. The molecule has 0 fully saturated rings. The van der Waals surface area contributed by atoms with E-state index in [-0.39, 0.29) is 11.6 Å². The van der Waals surface area contributed by atoms with Gasteiger partial charge in [0.2, 0.25) is 0 Å². The van der Waals surface area contributed by atoms with Gasteiger partial charge in [-0.15, -0.1) is 5.10 Å². The van der Waals surface area contributed by atoms with Crippen LogP contribution in [0.3, 0.4) is 0 Å². The van der Waals surface area contributed by atoms with E-state index in [4.69, 9.17) is 0 Å². The molecule has 1 aromatic heterocycles. The van der Waals surface area contributed by atoms with Crippen molar-refractivity contribution in [3.05, 3.63) is 23.8 Å². The smallest absolute Gasteiger partial charge is 0.337 e. The summed E-state index contributed by atoms with van der Waals surface area (Å²) in [6.45, 7) is 2.66. The summed E-state index contributed by atoms with van der Waals surface area (Å²) in [6, 6.07) is 5.27. The lowest BCUT2D eigenvalue weighted by Gasteiger charge is -2.19. The number of para-hydroxylation sites is 1. The number of fused-ring (bicyclic) bond motifs is 1. The first-order valence-corrected chi connectivity index (χ1v) is 5.72. The van der Waals surface area contributed by atoms with E-state index >= 15 is 0 Å². The second-order valence-corrected chi connectivity index (χ2v) is 4.56. The Kier molecular flexibility index (Phi) is 3.29. The van der Waals surface area contributed by atoms with Crippen molar-refractivity contribution in [3.8, 4) is 0 Å². The molecule has 0 radical (unpaired) electrons. The Morgan fingerprint density at radius 1 is 1.50 bits per heavy atom. The highest BCUT2D eigenvalue weighted by atomic mass is 16.4. The Hall–Kier alpha value is -1.95. The fraction of sp³-hybridized carbons (Fsp3) is 0.417. The highest BCUT2D eigenvalue weighted by Crippen LogP contribution is 2.17. The molecule has 0 amide bonds. The van der Waals surface area contributed by atoms with Crippen LogP contribution in [0.25, 0.3) is 11.0 Å². The lowest BCUT2D eigenvalue weighted by Crippen LogP contribution is -2.29. The molecule has 0 aliphatic carbocycles. The van der Waals surface area contributed by atoms with Gasteiger partial charge >= 0.3 is 5.97 Å². The predicted molar refractivity (Wildman–Crippen MR) is 67.6 cm³/mol. The Bertz CT molecular complexity index is 576. The number of carboxylic acid groups (broad SMARTS) is 1. The molecule has 6 heteroatoms. The standard InChI is InChI=1S/C12H16N4O2/c1-8(15(2)3)7-16-11-9(12(17)18)5-4-6-10(11)13-14-16/h4-6,8H,7H2,1-3H3,(H,17,18). The summed E-state index contributed by atoms with van der Waals surface area (Å²) in [6.07, 6.45) is 0. The predicted octanol–water partition coefficient (Wildman–Crippen LogP) is 1.08. The number of nitrogens with zero attached hydrogens (tertiary/aromatic N) is 4. The number of hydrogen-bond acceptors (Lipinski definition) is 4. The lowest BCUT2D eigenvalue weighted by atomic mass is 10.2. The van der Waals surface area contributed by atoms with Crippen LogP contribution in [0.4, 0.5) is 0 Å². The fourth-order valence-corrected chi connectivity index (χ4v) is 1.74. The summed E-state index contributed by atoms with van der Waals surface area (Å²) in [4.78, 5) is 13.3. The third-order valence-corrected chi connectivity index (χ3v) is 3.08. The fourth-order valence-electron chi connectivity index (χ4n) is 1.74. The molecule has 0 spiro atoms. The van der Waals surface area contributed by atoms with Gasteiger partial charge in [0.15, 0.2) is 0 Å². The number of likely N-dealkylation sites (N-methyl/N-ethyl adjacent to an activating group) is 1. The monoisotopic (exact) mass is 248 g/mol. The van der Waals surface area contributed by atoms with Crippen molar-refractivity contribution in [2.24, 2.45) is 0 Å². The first kappa shape index (κ1) is 12.5. The molecule has 96 valence electrons. The Balaban J connectivity index is 2.49. The van der Waals surface area contributed by atoms with Gasteiger partial charge in [-0.1, -0.05) is 11.3 Å². The Morgan fingerprint density at radius 3 is 2.83 bits per heavy atom. The van der Waals surface area contributed by atoms with Gasteiger partial charge < -0.3 is 10.0 Å². The van der Waals surface area contributed by atoms with Crippen molar-refractivity contribution in [1.29, 1.82) is 0 Å². The van der Waals surface area contributed by atoms with E-state index in [1.54, 1.807) is 22.9 Å². The summed E-state index contributed by atoms with van der Waals surface area (Å²) in [7, 11) is 3.95. The van der Waals surface area contributed by atoms with Crippen LogP contribution in [-0.4, -0.2) is 51.1 Å². The maximum absolute atomic E-state index is 11.2. The SMILES string of the molecule is CC(Cn1nnc2cccc(C(=O)O)c21)N(C)C. The number of benzene rings is 1. The Morgan fingerprint density at radius 2 is 2.22 bits per heavy atom. The van der Waals surface area contributed by atoms with Crippen molar-refractivity contribution >= 4 is 17.0 Å². The molecule has 6 nitrogen and oxygen atoms in total. The van der Waals surface area contributed by atoms with Gasteiger partial charge in [0.1, 0.15) is 11.0 Å². The van der Waals surface area contributed by atoms with Gasteiger partial charge in [-0.25, -0.2) is 9.48 Å². The van der Waals surface area contributed by atoms with Crippen LogP contribution in [-0.2, 0) is 6.54 Å². The van der Waals surface area contributed by atoms with E-state index in [0.717, 1.165) is 0 Å². The van der Waals surface area contributed by atoms with Crippen LogP contribution in [0, 0.1) is 0 Å². The van der Waals surface area contributed by atoms with Crippen LogP contribution < -0.4 is 0 Å². The second kappa shape index (κ2) is 4.73. The van der Waals surface area contributed by atoms with Gasteiger partial charge in [0, 0.05) is 6.04 Å². The molecule has 0 saturated carbocycles. The van der Waals surface area contributed by atoms with E-state index in [0.29, 0.717) is 17.6 Å². The number of carbonyl (C=O) groups is 1. The molecule has 1 N–H and O–H groups in total. The van der Waals surface area contributed by atoms with E-state index < -0.39 is 5.97 Å². The molecule has 1 unspecified atom stereocenters. The average Bonchev–Trinajstić information content (AvgIpc) is 2.72. The normalized spacial score (nSPS) is 13.1. The zero-order valence-electron chi connectivity index (χ0n) is 10.7. The molecule has 1 aromatic carbocycles. The van der Waals surface area contributed by atoms with E-state index in [9.17, 15) is 9.90 Å². The van der Waals surface area contributed by atoms with Gasteiger partial charge in [0.05, 0.1) is 12.1 Å². The van der Waals surface area contributed by atoms with Crippen LogP contribution in [0.15, 0.2) is 18.2 Å². The molecule has 0 aliphatic rings. The topological polar surface area (TPSA) is 71.2 Å². The van der Waals surface area contributed by atoms with Crippen LogP contribution in [0.5, 0.6) is 0 Å². The zero-order valence-corrected chi connectivity index (χ0v) is 10.7. The largest absolute Gasteiger partial charge is 0.478 e. The van der Waals surface area contributed by atoms with Crippen molar-refractivity contribution < 1.29 is 9.90 Å². The van der Waals surface area contributed by atoms with E-state index in [1.807, 2.05) is 14.1 Å². The van der Waals surface area contributed by atoms with Crippen molar-refractivity contribution in [2.45, 2.75) is 19.5 Å². The molecule has 2 aromatic rings. The van der Waals surface area contributed by atoms with Crippen molar-refractivity contribution in [3.63, 3.8) is 0 Å². The quantitative estimate of drug-likeness (QED) is 0.876. The van der Waals surface area contributed by atoms with E-state index in [1.165, 1.54) is 0 Å². The first-order valence-electron chi connectivity index (χ1n) is 5.72. The molecule has 2 rings (SSSR count). The number of aromatic carboxylic acids is 1. The molecule has 0 bridgehead atoms. The van der Waals surface area contributed by atoms with Gasteiger partial charge in [-0.2, -0.15) is 0 Å². The maximum atomic E-state index is 11.2. The van der Waals surface area contributed by atoms with Crippen LogP contribution in [0.1, 0.15) is 17.3 Å². The molecular formula is C12H16N4O2. The number of aromatic nitrogens is 3. The van der Waals surface area contributed by atoms with Crippen molar-refractivity contribution in [2.75, 3.05) is 14.1 Å². The van der Waals surface area contributed by atoms with Crippen molar-refractivity contribution in [1.82, 2.24) is 19.9 Å². The summed E-state index contributed by atoms with van der Waals surface area (Å²) < 4.78 is 1.66. The highest BCUT2D eigenvalue weighted by molar-refractivity contribution is 6.00. The van der Waals surface area contributed by atoms with Gasteiger partial charge in [0.25, 0.3) is 0 Å². The van der Waals surface area contributed by atoms with E-state index in [2.05, 4.69) is 22.1 Å². The third kappa shape index (κ3) is 2.19. The molecule has 1 atom stereocenters. The lowest BCUT2D eigenvalue weighted by molar-refractivity contribution is 0.0698. The minimum atomic E-state index is -0.957.